The number of nitrogens with zero attached hydrogens (tertiary/aromatic N) is 3. The minimum Gasteiger partial charge on any atom is -0.618 e. The zero-order chi connectivity index (χ0) is 26.0. The van der Waals surface area contributed by atoms with Crippen molar-refractivity contribution in [2.24, 2.45) is 5.41 Å². The van der Waals surface area contributed by atoms with Crippen LogP contribution in [0.3, 0.4) is 0 Å². The number of alkyl halides is 5. The molecule has 0 spiro atoms. The van der Waals surface area contributed by atoms with Gasteiger partial charge in [-0.25, -0.2) is 17.8 Å². The molecule has 1 atom stereocenters. The Kier molecular flexibility index (Phi) is 5.89. The smallest absolute Gasteiger partial charge is 0.420 e. The topological polar surface area (TPSA) is 115 Å². The van der Waals surface area contributed by atoms with Crippen LogP contribution >= 0.6 is 0 Å². The Balaban J connectivity index is 1.77. The minimum absolute atomic E-state index is 0.147. The summed E-state index contributed by atoms with van der Waals surface area (Å²) in [6, 6.07) is 2.04. The van der Waals surface area contributed by atoms with Crippen molar-refractivity contribution in [1.82, 2.24) is 9.78 Å². The summed E-state index contributed by atoms with van der Waals surface area (Å²) in [5.41, 5.74) is -3.48. The number of hydrogen-bond donors (Lipinski definition) is 2. The van der Waals surface area contributed by atoms with Crippen LogP contribution in [0.15, 0.2) is 23.4 Å². The van der Waals surface area contributed by atoms with Gasteiger partial charge in [-0.15, -0.1) is 0 Å². The first-order valence-electron chi connectivity index (χ1n) is 10.8. The van der Waals surface area contributed by atoms with Crippen LogP contribution < -0.4 is 10.0 Å². The summed E-state index contributed by atoms with van der Waals surface area (Å²) in [4.78, 5) is 13.2. The van der Waals surface area contributed by atoms with Crippen molar-refractivity contribution in [1.29, 1.82) is 4.78 Å². The molecular formula is C21H24F5N5O3S. The van der Waals surface area contributed by atoms with Gasteiger partial charge in [-0.2, -0.15) is 23.0 Å². The molecule has 2 saturated carbocycles. The summed E-state index contributed by atoms with van der Waals surface area (Å²) >= 11 is 0. The molecule has 2 N–H and O–H groups in total. The van der Waals surface area contributed by atoms with E-state index >= 15 is 0 Å². The second-order valence-electron chi connectivity index (χ2n) is 9.79. The molecule has 1 amide bonds. The Morgan fingerprint density at radius 2 is 2.00 bits per heavy atom. The molecule has 2 aliphatic carbocycles. The van der Waals surface area contributed by atoms with E-state index in [0.29, 0.717) is 19.3 Å². The van der Waals surface area contributed by atoms with Gasteiger partial charge in [-0.1, -0.05) is 13.3 Å². The second kappa shape index (κ2) is 8.14. The second-order valence-corrected chi connectivity index (χ2v) is 11.9. The van der Waals surface area contributed by atoms with Crippen LogP contribution in [0.25, 0.3) is 0 Å². The molecular weight excluding hydrogens is 497 g/mol. The molecule has 2 aliphatic rings. The highest BCUT2D eigenvalue weighted by Gasteiger charge is 2.55. The zero-order valence-corrected chi connectivity index (χ0v) is 19.7. The van der Waals surface area contributed by atoms with E-state index in [1.807, 2.05) is 0 Å². The molecule has 2 heterocycles. The number of carbonyl (C=O) groups is 1. The summed E-state index contributed by atoms with van der Waals surface area (Å²) in [6.07, 6.45) is -2.50. The normalized spacial score (nSPS) is 21.0. The molecule has 0 bridgehead atoms. The van der Waals surface area contributed by atoms with Gasteiger partial charge in [0.2, 0.25) is 5.92 Å². The number of halogens is 5. The number of rotatable bonds is 6. The fourth-order valence-electron chi connectivity index (χ4n) is 4.76. The van der Waals surface area contributed by atoms with Crippen LogP contribution in [0.4, 0.5) is 27.6 Å². The lowest BCUT2D eigenvalue weighted by atomic mass is 9.67. The number of aromatic nitrogens is 3. The number of pyridine rings is 1. The fraction of sp³-hybridized carbons (Fsp3) is 0.571. The molecule has 4 rings (SSSR count). The van der Waals surface area contributed by atoms with Crippen LogP contribution in [-0.4, -0.2) is 32.1 Å². The summed E-state index contributed by atoms with van der Waals surface area (Å²) < 4.78 is 90.4. The van der Waals surface area contributed by atoms with Gasteiger partial charge in [0.05, 0.1) is 11.4 Å². The summed E-state index contributed by atoms with van der Waals surface area (Å²) in [6.45, 7) is 1.20. The van der Waals surface area contributed by atoms with E-state index in [1.54, 1.807) is 0 Å². The van der Waals surface area contributed by atoms with Crippen LogP contribution in [0, 0.1) is 15.4 Å². The van der Waals surface area contributed by atoms with E-state index < -0.39 is 68.2 Å². The largest absolute Gasteiger partial charge is 0.618 e. The van der Waals surface area contributed by atoms with Gasteiger partial charge in [0.15, 0.2) is 6.20 Å². The molecule has 0 aliphatic heterocycles. The molecule has 0 aromatic carbocycles. The van der Waals surface area contributed by atoms with Crippen molar-refractivity contribution in [2.45, 2.75) is 68.6 Å². The zero-order valence-electron chi connectivity index (χ0n) is 18.9. The molecule has 2 aromatic rings. The van der Waals surface area contributed by atoms with Gasteiger partial charge >= 0.3 is 6.18 Å². The van der Waals surface area contributed by atoms with Crippen molar-refractivity contribution >= 4 is 21.3 Å². The third kappa shape index (κ3) is 4.98. The number of nitrogens with one attached hydrogen (secondary N) is 2. The van der Waals surface area contributed by atoms with Crippen molar-refractivity contribution in [3.8, 4) is 0 Å². The predicted octanol–water partition coefficient (Wildman–Crippen LogP) is 4.53. The monoisotopic (exact) mass is 521 g/mol. The van der Waals surface area contributed by atoms with Gasteiger partial charge in [0, 0.05) is 43.7 Å². The first-order valence-corrected chi connectivity index (χ1v) is 12.8. The number of hydrogen-bond acceptors (Lipinski definition) is 5. The summed E-state index contributed by atoms with van der Waals surface area (Å²) in [7, 11) is -3.50. The Morgan fingerprint density at radius 1 is 1.37 bits per heavy atom. The van der Waals surface area contributed by atoms with Gasteiger partial charge in [0.25, 0.3) is 10.9 Å². The van der Waals surface area contributed by atoms with E-state index in [1.165, 1.54) is 6.92 Å². The lowest BCUT2D eigenvalue weighted by molar-refractivity contribution is -0.646. The molecule has 192 valence electrons. The summed E-state index contributed by atoms with van der Waals surface area (Å²) in [5.74, 6) is -4.62. The number of anilines is 1. The van der Waals surface area contributed by atoms with E-state index in [4.69, 9.17) is 4.78 Å². The Hall–Kier alpha value is -2.77. The molecule has 14 heteroatoms. The van der Waals surface area contributed by atoms with Crippen LogP contribution in [0.1, 0.15) is 66.7 Å². The summed E-state index contributed by atoms with van der Waals surface area (Å²) in [5, 5.41) is 17.7. The third-order valence-electron chi connectivity index (χ3n) is 6.41. The van der Waals surface area contributed by atoms with Gasteiger partial charge in [-0.05, 0) is 18.3 Å². The first kappa shape index (κ1) is 25.3. The van der Waals surface area contributed by atoms with Crippen molar-refractivity contribution in [2.75, 3.05) is 11.6 Å². The molecule has 35 heavy (non-hydrogen) atoms. The maximum Gasteiger partial charge on any atom is 0.420 e. The highest BCUT2D eigenvalue weighted by atomic mass is 32.2. The van der Waals surface area contributed by atoms with Crippen molar-refractivity contribution in [3.05, 3.63) is 40.5 Å². The maximum absolute atomic E-state index is 14.2. The Bertz CT molecular complexity index is 1280. The average molecular weight is 522 g/mol. The SMILES string of the molecule is CC1(Cn2nc(C3CCC3)c(C(F)(F)F)c2C(=O)Nc2cc[n+]([O-])c(S(C)(=N)=O)c2)CC(F)(F)C1. The van der Waals surface area contributed by atoms with Crippen LogP contribution in [0.2, 0.25) is 0 Å². The molecule has 8 nitrogen and oxygen atoms in total. The quantitative estimate of drug-likeness (QED) is 0.330. The van der Waals surface area contributed by atoms with Gasteiger partial charge in [0.1, 0.15) is 21.0 Å². The fourth-order valence-corrected chi connectivity index (χ4v) is 5.52. The van der Waals surface area contributed by atoms with Crippen LogP contribution in [0.5, 0.6) is 0 Å². The standard InChI is InChI=1S/C21H24F5N5O3S/c1-19(9-20(22,23)10-19)11-30-17(15(21(24,25)26)16(29-30)12-4-3-5-12)18(32)28-13-6-7-31(33)14(8-13)35(2,27)34/h6-8,12,27H,3-5,9-11H2,1-2H3,(H,28,32). The molecule has 2 fully saturated rings. The average Bonchev–Trinajstić information content (AvgIpc) is 2.97. The van der Waals surface area contributed by atoms with Crippen molar-refractivity contribution in [3.63, 3.8) is 0 Å². The molecule has 0 radical (unpaired) electrons. The lowest BCUT2D eigenvalue weighted by Crippen LogP contribution is -2.47. The third-order valence-corrected chi connectivity index (χ3v) is 7.51. The maximum atomic E-state index is 14.2. The highest BCUT2D eigenvalue weighted by Crippen LogP contribution is 2.53. The minimum atomic E-state index is -4.93. The number of carbonyl (C=O) groups excluding carboxylic acids is 1. The van der Waals surface area contributed by atoms with E-state index in [-0.39, 0.29) is 22.7 Å². The van der Waals surface area contributed by atoms with E-state index in [9.17, 15) is 36.2 Å². The highest BCUT2D eigenvalue weighted by molar-refractivity contribution is 7.91. The van der Waals surface area contributed by atoms with Gasteiger partial charge < -0.3 is 10.5 Å². The van der Waals surface area contributed by atoms with E-state index in [0.717, 1.165) is 29.3 Å². The lowest BCUT2D eigenvalue weighted by Gasteiger charge is -2.44. The number of amides is 1. The Labute approximate surface area is 198 Å². The van der Waals surface area contributed by atoms with Crippen LogP contribution in [-0.2, 0) is 22.5 Å². The Morgan fingerprint density at radius 3 is 2.49 bits per heavy atom. The van der Waals surface area contributed by atoms with E-state index in [2.05, 4.69) is 10.4 Å². The van der Waals surface area contributed by atoms with Crippen molar-refractivity contribution < 1.29 is 35.7 Å². The first-order chi connectivity index (χ1) is 16.0. The molecule has 2 aromatic heterocycles. The predicted molar refractivity (Wildman–Crippen MR) is 115 cm³/mol. The van der Waals surface area contributed by atoms with Gasteiger partial charge in [-0.3, -0.25) is 9.48 Å². The molecule has 1 unspecified atom stereocenters. The molecule has 0 saturated heterocycles.